The van der Waals surface area contributed by atoms with E-state index in [4.69, 9.17) is 11.6 Å². The molecule has 0 radical (unpaired) electrons. The van der Waals surface area contributed by atoms with Gasteiger partial charge in [-0.2, -0.15) is 0 Å². The molecule has 3 aromatic heterocycles. The Labute approximate surface area is 110 Å². The highest BCUT2D eigenvalue weighted by atomic mass is 35.5. The minimum Gasteiger partial charge on any atom is -0.302 e. The molecule has 0 aliphatic rings. The van der Waals surface area contributed by atoms with Crippen molar-refractivity contribution >= 4 is 17.2 Å². The molecule has 3 rings (SSSR count). The fourth-order valence-corrected chi connectivity index (χ4v) is 2.32. The Morgan fingerprint density at radius 2 is 1.94 bits per heavy atom. The first-order chi connectivity index (χ1) is 8.79. The summed E-state index contributed by atoms with van der Waals surface area (Å²) in [6, 6.07) is 7.96. The number of alkyl halides is 1. The molecule has 4 heteroatoms. The minimum absolute atomic E-state index is 0.433. The summed E-state index contributed by atoms with van der Waals surface area (Å²) in [7, 11) is 0. The maximum atomic E-state index is 6.08. The molecule has 0 saturated heterocycles. The van der Waals surface area contributed by atoms with Crippen molar-refractivity contribution in [3.05, 3.63) is 54.1 Å². The predicted molar refractivity (Wildman–Crippen MR) is 72.7 cm³/mol. The number of imidazole rings is 1. The van der Waals surface area contributed by atoms with E-state index in [1.54, 1.807) is 12.4 Å². The lowest BCUT2D eigenvalue weighted by Gasteiger charge is -2.01. The van der Waals surface area contributed by atoms with Crippen molar-refractivity contribution in [2.75, 3.05) is 0 Å². The van der Waals surface area contributed by atoms with Crippen molar-refractivity contribution in [3.8, 4) is 11.3 Å². The number of hydrogen-bond donors (Lipinski definition) is 0. The Balaban J connectivity index is 2.30. The summed E-state index contributed by atoms with van der Waals surface area (Å²) < 4.78 is 2.05. The van der Waals surface area contributed by atoms with Crippen LogP contribution in [0.1, 0.15) is 11.3 Å². The lowest BCUT2D eigenvalue weighted by Crippen LogP contribution is -1.92. The molecule has 0 aliphatic carbocycles. The number of halogens is 1. The number of aromatic nitrogens is 3. The van der Waals surface area contributed by atoms with E-state index in [2.05, 4.69) is 33.6 Å². The SMILES string of the molecule is Cc1ccc2nc(-c3ccncc3)c(CCl)n2c1. The normalized spacial score (nSPS) is 11.0. The zero-order valence-corrected chi connectivity index (χ0v) is 10.7. The molecule has 90 valence electrons. The summed E-state index contributed by atoms with van der Waals surface area (Å²) in [6.07, 6.45) is 5.59. The van der Waals surface area contributed by atoms with Gasteiger partial charge in [-0.15, -0.1) is 11.6 Å². The number of rotatable bonds is 2. The van der Waals surface area contributed by atoms with Gasteiger partial charge in [0.25, 0.3) is 0 Å². The van der Waals surface area contributed by atoms with Crippen molar-refractivity contribution in [1.29, 1.82) is 0 Å². The molecule has 0 fully saturated rings. The van der Waals surface area contributed by atoms with Crippen LogP contribution < -0.4 is 0 Å². The van der Waals surface area contributed by atoms with E-state index in [1.807, 2.05) is 18.2 Å². The van der Waals surface area contributed by atoms with Gasteiger partial charge in [-0.1, -0.05) is 6.07 Å². The van der Waals surface area contributed by atoms with Crippen LogP contribution in [0.25, 0.3) is 16.9 Å². The third-order valence-electron chi connectivity index (χ3n) is 2.95. The molecular formula is C14H12ClN3. The number of pyridine rings is 2. The second kappa shape index (κ2) is 4.42. The van der Waals surface area contributed by atoms with Gasteiger partial charge in [-0.05, 0) is 30.7 Å². The van der Waals surface area contributed by atoms with E-state index in [-0.39, 0.29) is 0 Å². The maximum absolute atomic E-state index is 6.08. The molecule has 3 nitrogen and oxygen atoms in total. The van der Waals surface area contributed by atoms with Gasteiger partial charge in [0, 0.05) is 24.2 Å². The third kappa shape index (κ3) is 1.77. The van der Waals surface area contributed by atoms with Crippen LogP contribution in [-0.4, -0.2) is 14.4 Å². The highest BCUT2D eigenvalue weighted by Crippen LogP contribution is 2.25. The first kappa shape index (κ1) is 11.2. The molecular weight excluding hydrogens is 246 g/mol. The van der Waals surface area contributed by atoms with Gasteiger partial charge in [-0.3, -0.25) is 4.98 Å². The van der Waals surface area contributed by atoms with Crippen LogP contribution in [0.2, 0.25) is 0 Å². The highest BCUT2D eigenvalue weighted by molar-refractivity contribution is 6.17. The van der Waals surface area contributed by atoms with Crippen molar-refractivity contribution in [1.82, 2.24) is 14.4 Å². The largest absolute Gasteiger partial charge is 0.302 e. The van der Waals surface area contributed by atoms with E-state index in [9.17, 15) is 0 Å². The number of nitrogens with zero attached hydrogens (tertiary/aromatic N) is 3. The van der Waals surface area contributed by atoms with Gasteiger partial charge in [0.2, 0.25) is 0 Å². The van der Waals surface area contributed by atoms with Gasteiger partial charge in [0.1, 0.15) is 5.65 Å². The molecule has 3 heterocycles. The van der Waals surface area contributed by atoms with Gasteiger partial charge in [0.15, 0.2) is 0 Å². The fraction of sp³-hybridized carbons (Fsp3) is 0.143. The molecule has 0 unspecified atom stereocenters. The average Bonchev–Trinajstić information content (AvgIpc) is 2.77. The zero-order chi connectivity index (χ0) is 12.5. The first-order valence-corrected chi connectivity index (χ1v) is 6.27. The minimum atomic E-state index is 0.433. The first-order valence-electron chi connectivity index (χ1n) is 5.73. The summed E-state index contributed by atoms with van der Waals surface area (Å²) in [5.41, 5.74) is 5.09. The van der Waals surface area contributed by atoms with E-state index in [1.165, 1.54) is 5.56 Å². The van der Waals surface area contributed by atoms with Crippen LogP contribution in [0.15, 0.2) is 42.9 Å². The van der Waals surface area contributed by atoms with Crippen LogP contribution in [0, 0.1) is 6.92 Å². The maximum Gasteiger partial charge on any atom is 0.137 e. The van der Waals surface area contributed by atoms with Gasteiger partial charge in [-0.25, -0.2) is 4.98 Å². The van der Waals surface area contributed by atoms with E-state index in [0.29, 0.717) is 5.88 Å². The lowest BCUT2D eigenvalue weighted by atomic mass is 10.2. The van der Waals surface area contributed by atoms with Crippen LogP contribution in [0.4, 0.5) is 0 Å². The monoisotopic (exact) mass is 257 g/mol. The average molecular weight is 258 g/mol. The third-order valence-corrected chi connectivity index (χ3v) is 3.20. The molecule has 0 amide bonds. The van der Waals surface area contributed by atoms with E-state index < -0.39 is 0 Å². The van der Waals surface area contributed by atoms with Gasteiger partial charge >= 0.3 is 0 Å². The molecule has 0 atom stereocenters. The fourth-order valence-electron chi connectivity index (χ4n) is 2.07. The van der Waals surface area contributed by atoms with Crippen molar-refractivity contribution < 1.29 is 0 Å². The molecule has 3 aromatic rings. The summed E-state index contributed by atoms with van der Waals surface area (Å²) in [4.78, 5) is 8.67. The molecule has 0 aliphatic heterocycles. The molecule has 0 N–H and O–H groups in total. The van der Waals surface area contributed by atoms with Crippen molar-refractivity contribution in [2.24, 2.45) is 0 Å². The topological polar surface area (TPSA) is 30.2 Å². The Kier molecular flexibility index (Phi) is 2.76. The van der Waals surface area contributed by atoms with Gasteiger partial charge < -0.3 is 4.40 Å². The Hall–Kier alpha value is -1.87. The smallest absolute Gasteiger partial charge is 0.137 e. The van der Waals surface area contributed by atoms with Gasteiger partial charge in [0.05, 0.1) is 17.3 Å². The standard InChI is InChI=1S/C14H12ClN3/c1-10-2-3-13-17-14(11-4-6-16-7-5-11)12(8-15)18(13)9-10/h2-7,9H,8H2,1H3. The second-order valence-electron chi connectivity index (χ2n) is 4.21. The van der Waals surface area contributed by atoms with Crippen LogP contribution >= 0.6 is 11.6 Å². The zero-order valence-electron chi connectivity index (χ0n) is 9.97. The molecule has 18 heavy (non-hydrogen) atoms. The lowest BCUT2D eigenvalue weighted by molar-refractivity contribution is 1.07. The summed E-state index contributed by atoms with van der Waals surface area (Å²) in [6.45, 7) is 2.06. The number of aryl methyl sites for hydroxylation is 1. The van der Waals surface area contributed by atoms with Crippen LogP contribution in [-0.2, 0) is 5.88 Å². The molecule has 0 spiro atoms. The number of hydrogen-bond acceptors (Lipinski definition) is 2. The Bertz CT molecular complexity index is 689. The summed E-state index contributed by atoms with van der Waals surface area (Å²) >= 11 is 6.08. The van der Waals surface area contributed by atoms with E-state index >= 15 is 0 Å². The summed E-state index contributed by atoms with van der Waals surface area (Å²) in [5.74, 6) is 0.433. The quantitative estimate of drug-likeness (QED) is 0.659. The Morgan fingerprint density at radius 3 is 2.67 bits per heavy atom. The Morgan fingerprint density at radius 1 is 1.17 bits per heavy atom. The van der Waals surface area contributed by atoms with Crippen LogP contribution in [0.3, 0.4) is 0 Å². The molecule has 0 bridgehead atoms. The number of fused-ring (bicyclic) bond motifs is 1. The highest BCUT2D eigenvalue weighted by Gasteiger charge is 2.12. The van der Waals surface area contributed by atoms with E-state index in [0.717, 1.165) is 22.6 Å². The van der Waals surface area contributed by atoms with Crippen molar-refractivity contribution in [3.63, 3.8) is 0 Å². The predicted octanol–water partition coefficient (Wildman–Crippen LogP) is 3.44. The molecule has 0 saturated carbocycles. The summed E-state index contributed by atoms with van der Waals surface area (Å²) in [5, 5.41) is 0. The van der Waals surface area contributed by atoms with Crippen LogP contribution in [0.5, 0.6) is 0 Å². The molecule has 0 aromatic carbocycles. The second-order valence-corrected chi connectivity index (χ2v) is 4.48. The van der Waals surface area contributed by atoms with Crippen molar-refractivity contribution in [2.45, 2.75) is 12.8 Å².